The van der Waals surface area contributed by atoms with Gasteiger partial charge >= 0.3 is 0 Å². The first-order chi connectivity index (χ1) is 8.47. The third-order valence-electron chi connectivity index (χ3n) is 2.37. The minimum atomic E-state index is -0.630. The average Bonchev–Trinajstić information content (AvgIpc) is 2.32. The molecule has 2 amide bonds. The third-order valence-corrected chi connectivity index (χ3v) is 2.79. The molecule has 0 aliphatic heterocycles. The second-order valence-electron chi connectivity index (χ2n) is 3.80. The first-order valence-electron chi connectivity index (χ1n) is 5.60. The van der Waals surface area contributed by atoms with Gasteiger partial charge in [0.05, 0.1) is 16.3 Å². The van der Waals surface area contributed by atoms with Crippen molar-refractivity contribution >= 4 is 29.1 Å². The molecular weight excluding hydrogens is 254 g/mol. The summed E-state index contributed by atoms with van der Waals surface area (Å²) in [6.07, 6.45) is 0. The van der Waals surface area contributed by atoms with E-state index in [4.69, 9.17) is 17.3 Å². The summed E-state index contributed by atoms with van der Waals surface area (Å²) in [7, 11) is 0. The lowest BCUT2D eigenvalue weighted by molar-refractivity contribution is -0.122. The Hall–Kier alpha value is -1.75. The maximum absolute atomic E-state index is 11.9. The second kappa shape index (κ2) is 6.26. The van der Waals surface area contributed by atoms with Crippen LogP contribution in [0.15, 0.2) is 18.2 Å². The topological polar surface area (TPSA) is 84.2 Å². The maximum Gasteiger partial charge on any atom is 0.253 e. The number of benzene rings is 1. The number of carbonyl (C=O) groups excluding carboxylic acids is 2. The summed E-state index contributed by atoms with van der Waals surface area (Å²) in [5.41, 5.74) is 6.19. The Bertz CT molecular complexity index is 463. The van der Waals surface area contributed by atoms with Gasteiger partial charge in [0, 0.05) is 6.54 Å². The van der Waals surface area contributed by atoms with Gasteiger partial charge in [0.25, 0.3) is 5.91 Å². The fourth-order valence-corrected chi connectivity index (χ4v) is 1.60. The predicted octanol–water partition coefficient (Wildman–Crippen LogP) is 1.18. The van der Waals surface area contributed by atoms with Crippen molar-refractivity contribution in [3.8, 4) is 0 Å². The number of nitrogen functional groups attached to an aromatic ring is 1. The smallest absolute Gasteiger partial charge is 0.253 e. The Labute approximate surface area is 111 Å². The van der Waals surface area contributed by atoms with Gasteiger partial charge in [-0.3, -0.25) is 9.59 Å². The van der Waals surface area contributed by atoms with E-state index in [1.165, 1.54) is 0 Å². The van der Waals surface area contributed by atoms with Crippen molar-refractivity contribution in [2.45, 2.75) is 19.9 Å². The number of nitrogens with one attached hydrogen (secondary N) is 2. The number of nitrogens with two attached hydrogens (primary N) is 1. The van der Waals surface area contributed by atoms with Crippen molar-refractivity contribution in [2.24, 2.45) is 0 Å². The molecule has 6 heteroatoms. The Morgan fingerprint density at radius 1 is 1.44 bits per heavy atom. The van der Waals surface area contributed by atoms with E-state index in [0.29, 0.717) is 12.2 Å². The maximum atomic E-state index is 11.9. The molecule has 0 saturated carbocycles. The largest absolute Gasteiger partial charge is 0.398 e. The van der Waals surface area contributed by atoms with E-state index in [-0.39, 0.29) is 16.5 Å². The Balaban J connectivity index is 2.77. The lowest BCUT2D eigenvalue weighted by atomic mass is 10.1. The van der Waals surface area contributed by atoms with Crippen LogP contribution in [0.3, 0.4) is 0 Å². The van der Waals surface area contributed by atoms with Crippen molar-refractivity contribution in [3.63, 3.8) is 0 Å². The van der Waals surface area contributed by atoms with E-state index < -0.39 is 11.9 Å². The highest BCUT2D eigenvalue weighted by molar-refractivity contribution is 6.36. The van der Waals surface area contributed by atoms with Gasteiger partial charge in [0.1, 0.15) is 6.04 Å². The highest BCUT2D eigenvalue weighted by Gasteiger charge is 2.18. The minimum absolute atomic E-state index is 0.193. The molecule has 98 valence electrons. The summed E-state index contributed by atoms with van der Waals surface area (Å²) < 4.78 is 0. The lowest BCUT2D eigenvalue weighted by Gasteiger charge is -2.14. The number of rotatable bonds is 4. The van der Waals surface area contributed by atoms with Gasteiger partial charge in [-0.05, 0) is 26.0 Å². The molecule has 1 aromatic carbocycles. The number of likely N-dealkylation sites (N-methyl/N-ethyl adjacent to an activating group) is 1. The van der Waals surface area contributed by atoms with Crippen LogP contribution in [-0.4, -0.2) is 24.4 Å². The quantitative estimate of drug-likeness (QED) is 0.718. The van der Waals surface area contributed by atoms with Crippen LogP contribution in [0.5, 0.6) is 0 Å². The van der Waals surface area contributed by atoms with Gasteiger partial charge in [-0.15, -0.1) is 0 Å². The molecule has 0 spiro atoms. The molecule has 1 unspecified atom stereocenters. The van der Waals surface area contributed by atoms with Crippen molar-refractivity contribution in [3.05, 3.63) is 28.8 Å². The van der Waals surface area contributed by atoms with Crippen LogP contribution in [0.4, 0.5) is 5.69 Å². The van der Waals surface area contributed by atoms with E-state index in [0.717, 1.165) is 0 Å². The lowest BCUT2D eigenvalue weighted by Crippen LogP contribution is -2.44. The summed E-state index contributed by atoms with van der Waals surface area (Å²) in [4.78, 5) is 23.4. The summed E-state index contributed by atoms with van der Waals surface area (Å²) in [6, 6.07) is 4.16. The zero-order valence-corrected chi connectivity index (χ0v) is 11.0. The van der Waals surface area contributed by atoms with Crippen molar-refractivity contribution in [2.75, 3.05) is 12.3 Å². The SMILES string of the molecule is CCNC(=O)C(C)NC(=O)c1cccc(N)c1Cl. The minimum Gasteiger partial charge on any atom is -0.398 e. The summed E-state index contributed by atoms with van der Waals surface area (Å²) in [5.74, 6) is -0.670. The molecule has 1 rings (SSSR count). The molecule has 5 nitrogen and oxygen atoms in total. The Morgan fingerprint density at radius 2 is 2.11 bits per heavy atom. The van der Waals surface area contributed by atoms with Crippen LogP contribution in [0.1, 0.15) is 24.2 Å². The van der Waals surface area contributed by atoms with Crippen LogP contribution in [0, 0.1) is 0 Å². The van der Waals surface area contributed by atoms with Crippen LogP contribution in [0.2, 0.25) is 5.02 Å². The summed E-state index contributed by atoms with van der Waals surface area (Å²) in [6.45, 7) is 3.92. The molecule has 0 radical (unpaired) electrons. The van der Waals surface area contributed by atoms with Gasteiger partial charge in [-0.2, -0.15) is 0 Å². The van der Waals surface area contributed by atoms with Gasteiger partial charge in [-0.25, -0.2) is 0 Å². The van der Waals surface area contributed by atoms with E-state index >= 15 is 0 Å². The van der Waals surface area contributed by atoms with Gasteiger partial charge in [-0.1, -0.05) is 17.7 Å². The Kier molecular flexibility index (Phi) is 4.97. The molecule has 0 saturated heterocycles. The number of carbonyl (C=O) groups is 2. The number of hydrogen-bond donors (Lipinski definition) is 3. The third kappa shape index (κ3) is 3.37. The summed E-state index contributed by atoms with van der Waals surface area (Å²) in [5, 5.41) is 5.37. The van der Waals surface area contributed by atoms with Gasteiger partial charge in [0.15, 0.2) is 0 Å². The predicted molar refractivity (Wildman–Crippen MR) is 71.5 cm³/mol. The number of halogens is 1. The zero-order valence-electron chi connectivity index (χ0n) is 10.3. The molecule has 1 atom stereocenters. The highest BCUT2D eigenvalue weighted by Crippen LogP contribution is 2.22. The number of amides is 2. The van der Waals surface area contributed by atoms with Crippen LogP contribution in [0.25, 0.3) is 0 Å². The van der Waals surface area contributed by atoms with E-state index in [2.05, 4.69) is 10.6 Å². The van der Waals surface area contributed by atoms with E-state index in [9.17, 15) is 9.59 Å². The molecule has 4 N–H and O–H groups in total. The molecule has 1 aromatic rings. The molecule has 0 bridgehead atoms. The van der Waals surface area contributed by atoms with Crippen molar-refractivity contribution < 1.29 is 9.59 Å². The number of hydrogen-bond acceptors (Lipinski definition) is 3. The van der Waals surface area contributed by atoms with Crippen LogP contribution >= 0.6 is 11.6 Å². The van der Waals surface area contributed by atoms with Crippen LogP contribution in [-0.2, 0) is 4.79 Å². The normalized spacial score (nSPS) is 11.7. The van der Waals surface area contributed by atoms with Crippen LogP contribution < -0.4 is 16.4 Å². The standard InChI is InChI=1S/C12H16ClN3O2/c1-3-15-11(17)7(2)16-12(18)8-5-4-6-9(14)10(8)13/h4-7H,3,14H2,1-2H3,(H,15,17)(H,16,18). The molecular formula is C12H16ClN3O2. The Morgan fingerprint density at radius 3 is 2.72 bits per heavy atom. The molecule has 0 aromatic heterocycles. The molecule has 0 fully saturated rings. The van der Waals surface area contributed by atoms with Crippen molar-refractivity contribution in [1.29, 1.82) is 0 Å². The van der Waals surface area contributed by atoms with Gasteiger partial charge in [0.2, 0.25) is 5.91 Å². The van der Waals surface area contributed by atoms with E-state index in [1.54, 1.807) is 32.0 Å². The fourth-order valence-electron chi connectivity index (χ4n) is 1.39. The molecule has 18 heavy (non-hydrogen) atoms. The molecule has 0 heterocycles. The average molecular weight is 270 g/mol. The monoisotopic (exact) mass is 269 g/mol. The fraction of sp³-hybridized carbons (Fsp3) is 0.333. The molecule has 0 aliphatic rings. The number of anilines is 1. The first-order valence-corrected chi connectivity index (χ1v) is 5.97. The van der Waals surface area contributed by atoms with E-state index in [1.807, 2.05) is 0 Å². The second-order valence-corrected chi connectivity index (χ2v) is 4.18. The first kappa shape index (κ1) is 14.3. The molecule has 0 aliphatic carbocycles. The van der Waals surface area contributed by atoms with Gasteiger partial charge < -0.3 is 16.4 Å². The zero-order chi connectivity index (χ0) is 13.7. The van der Waals surface area contributed by atoms with Crippen molar-refractivity contribution in [1.82, 2.24) is 10.6 Å². The summed E-state index contributed by atoms with van der Waals surface area (Å²) >= 11 is 5.93. The highest BCUT2D eigenvalue weighted by atomic mass is 35.5.